The molecule has 0 aliphatic heterocycles. The van der Waals surface area contributed by atoms with Gasteiger partial charge in [0.2, 0.25) is 5.91 Å². The standard InChI is InChI=1S/C25H35N7O3S/c1-3-14-36-25-28-22(27-13-9-8-12-16-10-6-5-7-11-16)19-23(29-25)32(31-30-19)18-15-17(20(33)21(18)34)24(35)26-4-2/h5-7,10-11,17-18,20-21,33-34H,3-4,8-9,12-15H2,1-2H3,(H,26,35)(H,27,28,29). The highest BCUT2D eigenvalue weighted by atomic mass is 32.2. The van der Waals surface area contributed by atoms with Gasteiger partial charge in [-0.1, -0.05) is 54.2 Å². The van der Waals surface area contributed by atoms with Crippen LogP contribution in [0.5, 0.6) is 0 Å². The van der Waals surface area contributed by atoms with E-state index in [1.54, 1.807) is 16.4 Å². The lowest BCUT2D eigenvalue weighted by Gasteiger charge is -2.17. The van der Waals surface area contributed by atoms with Crippen molar-refractivity contribution in [3.63, 3.8) is 0 Å². The van der Waals surface area contributed by atoms with Crippen LogP contribution in [0.25, 0.3) is 11.2 Å². The van der Waals surface area contributed by atoms with Crippen LogP contribution < -0.4 is 10.6 Å². The number of benzene rings is 1. The number of aliphatic hydroxyl groups is 2. The fraction of sp³-hybridized carbons (Fsp3) is 0.560. The van der Waals surface area contributed by atoms with Crippen LogP contribution >= 0.6 is 11.8 Å². The third-order valence-corrected chi connectivity index (χ3v) is 7.47. The number of carbonyl (C=O) groups is 1. The molecule has 1 fully saturated rings. The van der Waals surface area contributed by atoms with Gasteiger partial charge in [0.05, 0.1) is 18.1 Å². The Kier molecular flexibility index (Phi) is 9.11. The van der Waals surface area contributed by atoms with E-state index in [1.165, 1.54) is 5.56 Å². The summed E-state index contributed by atoms with van der Waals surface area (Å²) in [5.74, 6) is 0.482. The van der Waals surface area contributed by atoms with Gasteiger partial charge in [0.15, 0.2) is 22.1 Å². The van der Waals surface area contributed by atoms with Gasteiger partial charge in [-0.05, 0) is 44.6 Å². The third kappa shape index (κ3) is 5.96. The molecule has 4 unspecified atom stereocenters. The highest BCUT2D eigenvalue weighted by Crippen LogP contribution is 2.37. The summed E-state index contributed by atoms with van der Waals surface area (Å²) in [6, 6.07) is 9.81. The molecule has 1 aliphatic carbocycles. The van der Waals surface area contributed by atoms with Crippen molar-refractivity contribution >= 4 is 34.7 Å². The van der Waals surface area contributed by atoms with Gasteiger partial charge < -0.3 is 20.8 Å². The van der Waals surface area contributed by atoms with Crippen molar-refractivity contribution in [3.05, 3.63) is 35.9 Å². The molecule has 2 aromatic heterocycles. The number of amides is 1. The number of thioether (sulfide) groups is 1. The monoisotopic (exact) mass is 513 g/mol. The Balaban J connectivity index is 1.52. The molecule has 36 heavy (non-hydrogen) atoms. The number of aliphatic hydroxyl groups excluding tert-OH is 2. The molecule has 4 atom stereocenters. The van der Waals surface area contributed by atoms with E-state index in [1.807, 2.05) is 13.0 Å². The molecule has 11 heteroatoms. The van der Waals surface area contributed by atoms with Crippen molar-refractivity contribution in [1.29, 1.82) is 0 Å². The van der Waals surface area contributed by atoms with E-state index in [9.17, 15) is 15.0 Å². The molecule has 4 N–H and O–H groups in total. The van der Waals surface area contributed by atoms with Gasteiger partial charge in [-0.2, -0.15) is 0 Å². The zero-order valence-corrected chi connectivity index (χ0v) is 21.6. The smallest absolute Gasteiger partial charge is 0.225 e. The number of aryl methyl sites for hydroxylation is 1. The number of nitrogens with zero attached hydrogens (tertiary/aromatic N) is 5. The normalized spacial score (nSPS) is 21.7. The Hall–Kier alpha value is -2.76. The van der Waals surface area contributed by atoms with Crippen molar-refractivity contribution in [2.24, 2.45) is 5.92 Å². The Morgan fingerprint density at radius 2 is 1.94 bits per heavy atom. The average Bonchev–Trinajstić information content (AvgIpc) is 3.44. The second-order valence-electron chi connectivity index (χ2n) is 9.06. The molecule has 0 spiro atoms. The molecule has 0 bridgehead atoms. The lowest BCUT2D eigenvalue weighted by molar-refractivity contribution is -0.128. The van der Waals surface area contributed by atoms with Gasteiger partial charge in [-0.25, -0.2) is 14.6 Å². The lowest BCUT2D eigenvalue weighted by Crippen LogP contribution is -2.38. The fourth-order valence-corrected chi connectivity index (χ4v) is 5.23. The van der Waals surface area contributed by atoms with Crippen LogP contribution in [0.3, 0.4) is 0 Å². The van der Waals surface area contributed by atoms with Crippen LogP contribution in [0.4, 0.5) is 5.82 Å². The maximum Gasteiger partial charge on any atom is 0.225 e. The quantitative estimate of drug-likeness (QED) is 0.163. The van der Waals surface area contributed by atoms with Crippen LogP contribution in [0.2, 0.25) is 0 Å². The van der Waals surface area contributed by atoms with Gasteiger partial charge in [0.1, 0.15) is 6.10 Å². The number of fused-ring (bicyclic) bond motifs is 1. The maximum atomic E-state index is 12.4. The topological polar surface area (TPSA) is 138 Å². The lowest BCUT2D eigenvalue weighted by atomic mass is 10.0. The fourth-order valence-electron chi connectivity index (χ4n) is 4.54. The Labute approximate surface area is 215 Å². The van der Waals surface area contributed by atoms with Gasteiger partial charge in [0, 0.05) is 18.8 Å². The molecule has 1 aromatic carbocycles. The first kappa shape index (κ1) is 26.3. The number of unbranched alkanes of at least 4 members (excludes halogenated alkanes) is 1. The minimum absolute atomic E-state index is 0.246. The van der Waals surface area contributed by atoms with Crippen LogP contribution in [0.1, 0.15) is 51.1 Å². The van der Waals surface area contributed by atoms with Crippen molar-refractivity contribution in [1.82, 2.24) is 30.3 Å². The summed E-state index contributed by atoms with van der Waals surface area (Å²) in [6.45, 7) is 5.11. The number of aromatic nitrogens is 5. The van der Waals surface area contributed by atoms with Gasteiger partial charge in [0.25, 0.3) is 0 Å². The number of hydrogen-bond donors (Lipinski definition) is 4. The van der Waals surface area contributed by atoms with Crippen molar-refractivity contribution in [2.45, 2.75) is 69.4 Å². The van der Waals surface area contributed by atoms with E-state index in [-0.39, 0.29) is 12.3 Å². The van der Waals surface area contributed by atoms with Gasteiger partial charge >= 0.3 is 0 Å². The van der Waals surface area contributed by atoms with Crippen LogP contribution in [0.15, 0.2) is 35.5 Å². The molecule has 2 heterocycles. The second kappa shape index (κ2) is 12.5. The largest absolute Gasteiger partial charge is 0.390 e. The SMILES string of the molecule is CCCSc1nc(NCCCCc2ccccc2)c2nnn(C3CC(C(=O)NCC)C(O)C3O)c2n1. The molecule has 1 aliphatic rings. The minimum atomic E-state index is -1.18. The van der Waals surface area contributed by atoms with E-state index < -0.39 is 24.2 Å². The number of rotatable bonds is 12. The molecule has 10 nitrogen and oxygen atoms in total. The molecular formula is C25H35N7O3S. The Morgan fingerprint density at radius 1 is 1.14 bits per heavy atom. The first-order valence-electron chi connectivity index (χ1n) is 12.7. The molecule has 194 valence electrons. The predicted octanol–water partition coefficient (Wildman–Crippen LogP) is 2.58. The summed E-state index contributed by atoms with van der Waals surface area (Å²) in [5, 5.41) is 36.7. The number of nitrogens with one attached hydrogen (secondary N) is 2. The number of carbonyl (C=O) groups excluding carboxylic acids is 1. The summed E-state index contributed by atoms with van der Waals surface area (Å²) in [6.07, 6.45) is 1.92. The highest BCUT2D eigenvalue weighted by molar-refractivity contribution is 7.99. The molecule has 0 radical (unpaired) electrons. The van der Waals surface area contributed by atoms with Gasteiger partial charge in [-0.3, -0.25) is 4.79 Å². The summed E-state index contributed by atoms with van der Waals surface area (Å²) >= 11 is 1.55. The zero-order chi connectivity index (χ0) is 25.5. The third-order valence-electron chi connectivity index (χ3n) is 6.42. The second-order valence-corrected chi connectivity index (χ2v) is 10.1. The van der Waals surface area contributed by atoms with Crippen molar-refractivity contribution in [2.75, 3.05) is 24.2 Å². The predicted molar refractivity (Wildman–Crippen MR) is 140 cm³/mol. The number of anilines is 1. The summed E-state index contributed by atoms with van der Waals surface area (Å²) in [4.78, 5) is 21.8. The molecule has 0 saturated heterocycles. The van der Waals surface area contributed by atoms with Gasteiger partial charge in [-0.15, -0.1) is 5.10 Å². The summed E-state index contributed by atoms with van der Waals surface area (Å²) in [7, 11) is 0. The Bertz CT molecular complexity index is 1140. The first-order chi connectivity index (χ1) is 17.5. The average molecular weight is 514 g/mol. The molecule has 4 rings (SSSR count). The number of hydrogen-bond acceptors (Lipinski definition) is 9. The Morgan fingerprint density at radius 3 is 2.69 bits per heavy atom. The van der Waals surface area contributed by atoms with Crippen molar-refractivity contribution < 1.29 is 15.0 Å². The van der Waals surface area contributed by atoms with E-state index in [4.69, 9.17) is 0 Å². The molecular weight excluding hydrogens is 478 g/mol. The molecule has 1 saturated carbocycles. The van der Waals surface area contributed by atoms with E-state index in [0.29, 0.717) is 28.7 Å². The molecule has 3 aromatic rings. The van der Waals surface area contributed by atoms with E-state index >= 15 is 0 Å². The van der Waals surface area contributed by atoms with Crippen LogP contribution in [0, 0.1) is 5.92 Å². The molecule has 1 amide bonds. The summed E-state index contributed by atoms with van der Waals surface area (Å²) in [5.41, 5.74) is 2.33. The zero-order valence-electron chi connectivity index (χ0n) is 20.8. The van der Waals surface area contributed by atoms with E-state index in [2.05, 4.69) is 62.1 Å². The van der Waals surface area contributed by atoms with Crippen molar-refractivity contribution in [3.8, 4) is 0 Å². The van der Waals surface area contributed by atoms with Crippen LogP contribution in [-0.2, 0) is 11.2 Å². The van der Waals surface area contributed by atoms with Crippen LogP contribution in [-0.4, -0.2) is 72.1 Å². The maximum absolute atomic E-state index is 12.4. The van der Waals surface area contributed by atoms with E-state index in [0.717, 1.165) is 38.0 Å². The highest BCUT2D eigenvalue weighted by Gasteiger charge is 2.47. The minimum Gasteiger partial charge on any atom is -0.390 e. The summed E-state index contributed by atoms with van der Waals surface area (Å²) < 4.78 is 1.54. The first-order valence-corrected chi connectivity index (χ1v) is 13.7.